The van der Waals surface area contributed by atoms with E-state index in [9.17, 15) is 27.6 Å². The number of carbonyl (C=O) groups is 3. The normalized spacial score (nSPS) is 15.0. The monoisotopic (exact) mass is 482 g/mol. The number of hydrogen-bond acceptors (Lipinski definition) is 4. The van der Waals surface area contributed by atoms with E-state index < -0.39 is 17.8 Å². The van der Waals surface area contributed by atoms with E-state index in [4.69, 9.17) is 0 Å². The van der Waals surface area contributed by atoms with Crippen molar-refractivity contribution >= 4 is 39.9 Å². The number of alkyl halides is 3. The Kier molecular flexibility index (Phi) is 7.01. The fourth-order valence-corrected chi connectivity index (χ4v) is 4.35. The fourth-order valence-electron chi connectivity index (χ4n) is 3.25. The lowest BCUT2D eigenvalue weighted by Gasteiger charge is -2.20. The van der Waals surface area contributed by atoms with Gasteiger partial charge in [-0.3, -0.25) is 14.9 Å². The molecule has 1 saturated heterocycles. The van der Waals surface area contributed by atoms with Gasteiger partial charge < -0.3 is 15.5 Å². The van der Waals surface area contributed by atoms with Crippen molar-refractivity contribution in [3.8, 4) is 0 Å². The van der Waals surface area contributed by atoms with Crippen LogP contribution in [0.4, 0.5) is 28.7 Å². The average molecular weight is 483 g/mol. The lowest BCUT2D eigenvalue weighted by atomic mass is 9.94. The van der Waals surface area contributed by atoms with Crippen LogP contribution in [-0.2, 0) is 16.4 Å². The van der Waals surface area contributed by atoms with Crippen molar-refractivity contribution in [2.24, 2.45) is 0 Å². The van der Waals surface area contributed by atoms with E-state index in [1.165, 1.54) is 28.4 Å². The number of para-hydroxylation sites is 1. The molecular formula is C22H25F3N4O3S. The number of hydrogen-bond donors (Lipinski definition) is 3. The van der Waals surface area contributed by atoms with Crippen LogP contribution < -0.4 is 16.0 Å². The van der Waals surface area contributed by atoms with Gasteiger partial charge in [0.15, 0.2) is 0 Å². The summed E-state index contributed by atoms with van der Waals surface area (Å²) in [7, 11) is 0. The zero-order valence-electron chi connectivity index (χ0n) is 18.4. The number of nitrogens with zero attached hydrogens (tertiary/aromatic N) is 1. The van der Waals surface area contributed by atoms with Crippen LogP contribution >= 0.6 is 11.3 Å². The Morgan fingerprint density at radius 3 is 2.45 bits per heavy atom. The zero-order chi connectivity index (χ0) is 24.4. The summed E-state index contributed by atoms with van der Waals surface area (Å²) in [6, 6.07) is 5.45. The summed E-state index contributed by atoms with van der Waals surface area (Å²) >= 11 is 1.19. The summed E-state index contributed by atoms with van der Waals surface area (Å²) in [4.78, 5) is 39.8. The van der Waals surface area contributed by atoms with Crippen molar-refractivity contribution < 1.29 is 27.6 Å². The zero-order valence-corrected chi connectivity index (χ0v) is 19.2. The van der Waals surface area contributed by atoms with Crippen LogP contribution in [0.1, 0.15) is 48.0 Å². The number of rotatable bonds is 3. The predicted octanol–water partition coefficient (Wildman–Crippen LogP) is 4.67. The molecule has 33 heavy (non-hydrogen) atoms. The van der Waals surface area contributed by atoms with E-state index >= 15 is 0 Å². The molecule has 1 aliphatic heterocycles. The minimum atomic E-state index is -4.63. The molecular weight excluding hydrogens is 457 g/mol. The molecule has 0 bridgehead atoms. The molecule has 2 aromatic rings. The van der Waals surface area contributed by atoms with Crippen LogP contribution in [0.5, 0.6) is 0 Å². The molecule has 0 unspecified atom stereocenters. The molecule has 178 valence electrons. The average Bonchev–Trinajstić information content (AvgIpc) is 3.01. The Morgan fingerprint density at radius 1 is 1.09 bits per heavy atom. The summed E-state index contributed by atoms with van der Waals surface area (Å²) in [6.07, 6.45) is -4.47. The number of benzene rings is 1. The molecule has 1 aliphatic rings. The Balaban J connectivity index is 1.87. The number of carbonyl (C=O) groups excluding carboxylic acids is 3. The molecule has 0 atom stereocenters. The molecule has 0 saturated carbocycles. The molecule has 2 heterocycles. The molecule has 1 aromatic heterocycles. The van der Waals surface area contributed by atoms with Gasteiger partial charge in [0.25, 0.3) is 5.91 Å². The largest absolute Gasteiger partial charge is 0.418 e. The fraction of sp³-hybridized carbons (Fsp3) is 0.409. The van der Waals surface area contributed by atoms with Crippen LogP contribution in [0.2, 0.25) is 0 Å². The Labute approximate surface area is 193 Å². The third-order valence-electron chi connectivity index (χ3n) is 5.01. The highest BCUT2D eigenvalue weighted by Gasteiger charge is 2.34. The molecule has 0 radical (unpaired) electrons. The molecule has 1 aromatic carbocycles. The molecule has 7 nitrogen and oxygen atoms in total. The Hall–Kier alpha value is -3.08. The second-order valence-corrected chi connectivity index (χ2v) is 9.67. The molecule has 11 heteroatoms. The number of halogens is 3. The van der Waals surface area contributed by atoms with Gasteiger partial charge in [0.05, 0.1) is 16.8 Å². The molecule has 3 rings (SSSR count). The van der Waals surface area contributed by atoms with Crippen LogP contribution in [0, 0.1) is 0 Å². The van der Waals surface area contributed by atoms with Gasteiger partial charge in [0.2, 0.25) is 5.91 Å². The van der Waals surface area contributed by atoms with Crippen molar-refractivity contribution in [3.63, 3.8) is 0 Å². The van der Waals surface area contributed by atoms with E-state index in [0.717, 1.165) is 17.0 Å². The first-order valence-corrected chi connectivity index (χ1v) is 11.1. The quantitative estimate of drug-likeness (QED) is 0.594. The van der Waals surface area contributed by atoms with Gasteiger partial charge in [-0.05, 0) is 23.6 Å². The summed E-state index contributed by atoms with van der Waals surface area (Å²) in [5, 5.41) is 7.71. The molecule has 4 amide bonds. The Morgan fingerprint density at radius 2 is 1.79 bits per heavy atom. The number of nitrogens with one attached hydrogen (secondary N) is 3. The molecule has 3 N–H and O–H groups in total. The van der Waals surface area contributed by atoms with Crippen LogP contribution in [-0.4, -0.2) is 42.4 Å². The minimum absolute atomic E-state index is 0.146. The Bertz CT molecular complexity index is 1060. The highest BCUT2D eigenvalue weighted by Crippen LogP contribution is 2.38. The van der Waals surface area contributed by atoms with Gasteiger partial charge in [-0.1, -0.05) is 32.9 Å². The third kappa shape index (κ3) is 6.04. The lowest BCUT2D eigenvalue weighted by Crippen LogP contribution is -2.34. The number of thiophene rings is 1. The molecule has 1 fully saturated rings. The predicted molar refractivity (Wildman–Crippen MR) is 121 cm³/mol. The topological polar surface area (TPSA) is 90.5 Å². The summed E-state index contributed by atoms with van der Waals surface area (Å²) in [5.41, 5.74) is -1.45. The number of anilines is 2. The summed E-state index contributed by atoms with van der Waals surface area (Å²) in [6.45, 7) is 6.71. The second kappa shape index (κ2) is 9.42. The maximum Gasteiger partial charge on any atom is 0.418 e. The van der Waals surface area contributed by atoms with E-state index in [-0.39, 0.29) is 46.4 Å². The first-order chi connectivity index (χ1) is 15.4. The summed E-state index contributed by atoms with van der Waals surface area (Å²) < 4.78 is 39.7. The van der Waals surface area contributed by atoms with Gasteiger partial charge in [-0.15, -0.1) is 11.3 Å². The smallest absolute Gasteiger partial charge is 0.354 e. The molecule has 0 spiro atoms. The number of amides is 4. The van der Waals surface area contributed by atoms with Gasteiger partial charge in [0.1, 0.15) is 5.00 Å². The van der Waals surface area contributed by atoms with Gasteiger partial charge in [-0.2, -0.15) is 13.2 Å². The highest BCUT2D eigenvalue weighted by atomic mass is 32.1. The van der Waals surface area contributed by atoms with Gasteiger partial charge in [-0.25, -0.2) is 4.79 Å². The van der Waals surface area contributed by atoms with Crippen LogP contribution in [0.25, 0.3) is 0 Å². The number of urea groups is 1. The van der Waals surface area contributed by atoms with Crippen LogP contribution in [0.15, 0.2) is 30.3 Å². The van der Waals surface area contributed by atoms with E-state index in [0.29, 0.717) is 13.1 Å². The van der Waals surface area contributed by atoms with Crippen molar-refractivity contribution in [2.45, 2.75) is 38.8 Å². The van der Waals surface area contributed by atoms with Crippen molar-refractivity contribution in [1.29, 1.82) is 0 Å². The standard InChI is InChI=1S/C22H25F3N4O3S/c1-21(2,3)16-12-13(19(31)29-10-8-17(30)26-9-11-29)18(33-16)28-20(32)27-15-7-5-4-6-14(15)22(23,24)25/h4-7,12H,8-11H2,1-3H3,(H,26,30)(H2,27,28,32). The van der Waals surface area contributed by atoms with Crippen LogP contribution in [0.3, 0.4) is 0 Å². The van der Waals surface area contributed by atoms with Gasteiger partial charge >= 0.3 is 12.2 Å². The first-order valence-electron chi connectivity index (χ1n) is 10.3. The van der Waals surface area contributed by atoms with E-state index in [2.05, 4.69) is 16.0 Å². The lowest BCUT2D eigenvalue weighted by molar-refractivity contribution is -0.137. The van der Waals surface area contributed by atoms with E-state index in [1.807, 2.05) is 20.8 Å². The van der Waals surface area contributed by atoms with Crippen molar-refractivity contribution in [2.75, 3.05) is 30.3 Å². The SMILES string of the molecule is CC(C)(C)c1cc(C(=O)N2CCNC(=O)CC2)c(NC(=O)Nc2ccccc2C(F)(F)F)s1. The molecule has 0 aliphatic carbocycles. The minimum Gasteiger partial charge on any atom is -0.354 e. The summed E-state index contributed by atoms with van der Waals surface area (Å²) in [5.74, 6) is -0.503. The van der Waals surface area contributed by atoms with E-state index in [1.54, 1.807) is 6.07 Å². The maximum absolute atomic E-state index is 13.2. The first kappa shape index (κ1) is 24.6. The maximum atomic E-state index is 13.2. The highest BCUT2D eigenvalue weighted by molar-refractivity contribution is 7.16. The third-order valence-corrected chi connectivity index (χ3v) is 6.49. The van der Waals surface area contributed by atoms with Gasteiger partial charge in [0, 0.05) is 30.9 Å². The van der Waals surface area contributed by atoms with Crippen molar-refractivity contribution in [1.82, 2.24) is 10.2 Å². The second-order valence-electron chi connectivity index (χ2n) is 8.62. The van der Waals surface area contributed by atoms with Crippen molar-refractivity contribution in [3.05, 3.63) is 46.3 Å².